The molecule has 4 nitrogen and oxygen atoms in total. The minimum absolute atomic E-state index is 0.0617. The fourth-order valence-electron chi connectivity index (χ4n) is 4.00. The van der Waals surface area contributed by atoms with Crippen LogP contribution in [0.4, 0.5) is 4.79 Å². The number of nitrogens with zero attached hydrogens (tertiary/aromatic N) is 1. The highest BCUT2D eigenvalue weighted by atomic mass is 35.5. The van der Waals surface area contributed by atoms with Gasteiger partial charge < -0.3 is 10.1 Å². The molecule has 5 rings (SSSR count). The maximum atomic E-state index is 12.2. The van der Waals surface area contributed by atoms with E-state index >= 15 is 0 Å². The van der Waals surface area contributed by atoms with Crippen molar-refractivity contribution < 1.29 is 9.53 Å². The first-order chi connectivity index (χ1) is 15.2. The van der Waals surface area contributed by atoms with E-state index in [1.165, 1.54) is 33.6 Å². The lowest BCUT2D eigenvalue weighted by Gasteiger charge is -2.14. The summed E-state index contributed by atoms with van der Waals surface area (Å²) in [5.74, 6) is 0.0617. The maximum Gasteiger partial charge on any atom is 0.407 e. The van der Waals surface area contributed by atoms with Gasteiger partial charge in [-0.25, -0.2) is 9.78 Å². The average Bonchev–Trinajstić information content (AvgIpc) is 3.32. The van der Waals surface area contributed by atoms with Crippen LogP contribution >= 0.6 is 22.9 Å². The van der Waals surface area contributed by atoms with Crippen molar-refractivity contribution in [3.63, 3.8) is 0 Å². The van der Waals surface area contributed by atoms with Crippen LogP contribution in [-0.2, 0) is 4.74 Å². The van der Waals surface area contributed by atoms with E-state index < -0.39 is 6.09 Å². The number of carbonyl (C=O) groups is 1. The van der Waals surface area contributed by atoms with Crippen LogP contribution in [0.25, 0.3) is 27.4 Å². The van der Waals surface area contributed by atoms with Gasteiger partial charge in [-0.3, -0.25) is 0 Å². The van der Waals surface area contributed by atoms with E-state index in [0.29, 0.717) is 17.6 Å². The molecule has 154 valence electrons. The van der Waals surface area contributed by atoms with Gasteiger partial charge in [-0.15, -0.1) is 11.3 Å². The monoisotopic (exact) mass is 446 g/mol. The molecule has 0 atom stereocenters. The number of hydrogen-bond acceptors (Lipinski definition) is 4. The number of halogens is 1. The molecule has 1 aliphatic carbocycles. The summed E-state index contributed by atoms with van der Waals surface area (Å²) in [7, 11) is 0. The summed E-state index contributed by atoms with van der Waals surface area (Å²) in [5, 5.41) is 2.79. The molecule has 4 aromatic rings. The summed E-state index contributed by atoms with van der Waals surface area (Å²) in [6.45, 7) is 0.699. The highest BCUT2D eigenvalue weighted by Crippen LogP contribution is 2.44. The van der Waals surface area contributed by atoms with Crippen LogP contribution < -0.4 is 5.32 Å². The molecule has 0 radical (unpaired) electrons. The first-order valence-electron chi connectivity index (χ1n) is 10.0. The third-order valence-electron chi connectivity index (χ3n) is 5.40. The summed E-state index contributed by atoms with van der Waals surface area (Å²) < 4.78 is 7.12. The molecule has 1 amide bonds. The number of benzene rings is 3. The predicted molar refractivity (Wildman–Crippen MR) is 127 cm³/mol. The van der Waals surface area contributed by atoms with E-state index in [9.17, 15) is 4.79 Å². The van der Waals surface area contributed by atoms with Gasteiger partial charge in [0.25, 0.3) is 0 Å². The molecular weight excluding hydrogens is 428 g/mol. The van der Waals surface area contributed by atoms with Crippen LogP contribution in [0, 0.1) is 0 Å². The molecule has 0 spiro atoms. The smallest absolute Gasteiger partial charge is 0.407 e. The topological polar surface area (TPSA) is 51.2 Å². The van der Waals surface area contributed by atoms with Crippen LogP contribution in [0.2, 0.25) is 4.47 Å². The zero-order chi connectivity index (χ0) is 21.2. The second-order valence-electron chi connectivity index (χ2n) is 7.30. The zero-order valence-corrected chi connectivity index (χ0v) is 18.1. The number of aromatic nitrogens is 1. The van der Waals surface area contributed by atoms with E-state index in [2.05, 4.69) is 34.6 Å². The standard InChI is InChI=1S/C25H19ClN2O2S/c26-24-28-22-12-11-16(14-23(22)31-24)6-5-13-27-25(29)30-15-21-19-9-3-1-7-17(19)18-8-2-4-10-20(18)21/h1-12,14,21H,13,15H2,(H,27,29). The van der Waals surface area contributed by atoms with Gasteiger partial charge in [-0.05, 0) is 39.9 Å². The Morgan fingerprint density at radius 1 is 1.06 bits per heavy atom. The Labute approximate surface area is 189 Å². The lowest BCUT2D eigenvalue weighted by molar-refractivity contribution is 0.144. The summed E-state index contributed by atoms with van der Waals surface area (Å²) in [6.07, 6.45) is 3.43. The first-order valence-corrected chi connectivity index (χ1v) is 11.2. The highest BCUT2D eigenvalue weighted by Gasteiger charge is 2.28. The number of rotatable bonds is 5. The van der Waals surface area contributed by atoms with Crippen molar-refractivity contribution in [2.24, 2.45) is 0 Å². The number of amides is 1. The number of ether oxygens (including phenoxy) is 1. The molecule has 0 bridgehead atoms. The molecule has 6 heteroatoms. The number of fused-ring (bicyclic) bond motifs is 4. The number of alkyl carbamates (subject to hydrolysis) is 1. The van der Waals surface area contributed by atoms with E-state index in [-0.39, 0.29) is 5.92 Å². The van der Waals surface area contributed by atoms with E-state index in [4.69, 9.17) is 16.3 Å². The number of hydrogen-bond donors (Lipinski definition) is 1. The molecule has 0 unspecified atom stereocenters. The molecule has 31 heavy (non-hydrogen) atoms. The summed E-state index contributed by atoms with van der Waals surface area (Å²) in [6, 6.07) is 22.5. The molecule has 3 aromatic carbocycles. The molecule has 0 saturated carbocycles. The SMILES string of the molecule is O=C(NCC=Cc1ccc2nc(Cl)sc2c1)OCC1c2ccccc2-c2ccccc21. The maximum absolute atomic E-state index is 12.2. The molecule has 1 aliphatic rings. The average molecular weight is 447 g/mol. The van der Waals surface area contributed by atoms with Crippen molar-refractivity contribution in [3.8, 4) is 11.1 Å². The minimum atomic E-state index is -0.420. The molecule has 1 aromatic heterocycles. The lowest BCUT2D eigenvalue weighted by atomic mass is 9.98. The van der Waals surface area contributed by atoms with Gasteiger partial charge in [0.1, 0.15) is 6.61 Å². The lowest BCUT2D eigenvalue weighted by Crippen LogP contribution is -2.26. The Morgan fingerprint density at radius 3 is 2.52 bits per heavy atom. The second kappa shape index (κ2) is 8.53. The van der Waals surface area contributed by atoms with E-state index in [0.717, 1.165) is 15.8 Å². The van der Waals surface area contributed by atoms with Crippen LogP contribution in [0.3, 0.4) is 0 Å². The molecule has 1 N–H and O–H groups in total. The normalized spacial score (nSPS) is 12.8. The second-order valence-corrected chi connectivity index (χ2v) is 8.92. The largest absolute Gasteiger partial charge is 0.449 e. The summed E-state index contributed by atoms with van der Waals surface area (Å²) in [5.41, 5.74) is 6.76. The van der Waals surface area contributed by atoms with Crippen molar-refractivity contribution in [2.75, 3.05) is 13.2 Å². The van der Waals surface area contributed by atoms with Crippen molar-refractivity contribution in [2.45, 2.75) is 5.92 Å². The Hall–Kier alpha value is -3.15. The van der Waals surface area contributed by atoms with Crippen LogP contribution in [0.1, 0.15) is 22.6 Å². The van der Waals surface area contributed by atoms with Crippen molar-refractivity contribution in [1.29, 1.82) is 0 Å². The Bertz CT molecular complexity index is 1250. The first kappa shape index (κ1) is 19.8. The zero-order valence-electron chi connectivity index (χ0n) is 16.5. The minimum Gasteiger partial charge on any atom is -0.449 e. The highest BCUT2D eigenvalue weighted by molar-refractivity contribution is 7.22. The van der Waals surface area contributed by atoms with Gasteiger partial charge in [0.05, 0.1) is 10.2 Å². The quantitative estimate of drug-likeness (QED) is 0.380. The van der Waals surface area contributed by atoms with Crippen LogP contribution in [-0.4, -0.2) is 24.2 Å². The van der Waals surface area contributed by atoms with Crippen LogP contribution in [0.5, 0.6) is 0 Å². The number of thiazole rings is 1. The van der Waals surface area contributed by atoms with Gasteiger partial charge in [0.2, 0.25) is 0 Å². The number of carbonyl (C=O) groups excluding carboxylic acids is 1. The Morgan fingerprint density at radius 2 is 1.77 bits per heavy atom. The van der Waals surface area contributed by atoms with E-state index in [1.54, 1.807) is 0 Å². The van der Waals surface area contributed by atoms with Gasteiger partial charge in [-0.2, -0.15) is 0 Å². The van der Waals surface area contributed by atoms with E-state index in [1.807, 2.05) is 54.6 Å². The van der Waals surface area contributed by atoms with Gasteiger partial charge >= 0.3 is 6.09 Å². The van der Waals surface area contributed by atoms with Gasteiger partial charge in [0, 0.05) is 12.5 Å². The third kappa shape index (κ3) is 4.07. The number of nitrogens with one attached hydrogen (secondary N) is 1. The fraction of sp³-hybridized carbons (Fsp3) is 0.120. The summed E-state index contributed by atoms with van der Waals surface area (Å²) in [4.78, 5) is 16.5. The Balaban J connectivity index is 1.17. The van der Waals surface area contributed by atoms with Gasteiger partial charge in [0.15, 0.2) is 4.47 Å². The van der Waals surface area contributed by atoms with Crippen molar-refractivity contribution in [1.82, 2.24) is 10.3 Å². The Kier molecular flexibility index (Phi) is 5.45. The predicted octanol–water partition coefficient (Wildman–Crippen LogP) is 6.50. The molecular formula is C25H19ClN2O2S. The molecule has 0 fully saturated rings. The third-order valence-corrected chi connectivity index (χ3v) is 6.53. The van der Waals surface area contributed by atoms with Crippen molar-refractivity contribution in [3.05, 3.63) is 94.0 Å². The van der Waals surface area contributed by atoms with Gasteiger partial charge in [-0.1, -0.05) is 78.4 Å². The van der Waals surface area contributed by atoms with Crippen LogP contribution in [0.15, 0.2) is 72.8 Å². The summed E-state index contributed by atoms with van der Waals surface area (Å²) >= 11 is 7.41. The fourth-order valence-corrected chi connectivity index (χ4v) is 5.08. The van der Waals surface area contributed by atoms with Crippen molar-refractivity contribution >= 4 is 45.3 Å². The molecule has 0 aliphatic heterocycles. The molecule has 0 saturated heterocycles. The molecule has 1 heterocycles.